The average Bonchev–Trinajstić information content (AvgIpc) is 3.69. The number of carbonyl (C=O) groups excluding carboxylic acids is 3. The van der Waals surface area contributed by atoms with Gasteiger partial charge >= 0.3 is 12.1 Å². The van der Waals surface area contributed by atoms with Crippen molar-refractivity contribution in [1.82, 2.24) is 20.1 Å². The zero-order chi connectivity index (χ0) is 33.2. The number of aromatic nitrogens is 1. The summed E-state index contributed by atoms with van der Waals surface area (Å²) in [6.45, 7) is 11.0. The Balaban J connectivity index is 1.16. The molecule has 0 aliphatic carbocycles. The summed E-state index contributed by atoms with van der Waals surface area (Å²) in [5.74, 6) is 1.02. The molecule has 0 unspecified atom stereocenters. The van der Waals surface area contributed by atoms with Gasteiger partial charge in [0, 0.05) is 56.2 Å². The van der Waals surface area contributed by atoms with Crippen molar-refractivity contribution in [3.05, 3.63) is 64.1 Å². The predicted molar refractivity (Wildman–Crippen MR) is 178 cm³/mol. The Bertz CT molecular complexity index is 1520. The molecule has 4 heterocycles. The van der Waals surface area contributed by atoms with Crippen LogP contribution in [-0.4, -0.2) is 91.1 Å². The van der Waals surface area contributed by atoms with E-state index in [1.807, 2.05) is 18.2 Å². The molecule has 1 fully saturated rings. The maximum atomic E-state index is 13.4. The smallest absolute Gasteiger partial charge is 0.412 e. The van der Waals surface area contributed by atoms with Crippen LogP contribution < -0.4 is 25.4 Å². The van der Waals surface area contributed by atoms with Crippen molar-refractivity contribution >= 4 is 40.7 Å². The molecule has 14 heteroatoms. The SMILES string of the molecule is CC(C)(C)OC(=O)Nc1cscc1NC(=O)c1ccc(CN(CCCN2CCOCC2)C(=O)NCCc2ccc3c(c2)OCO3)cn1. The summed E-state index contributed by atoms with van der Waals surface area (Å²) >= 11 is 1.33. The topological polar surface area (TPSA) is 144 Å². The minimum absolute atomic E-state index is 0.169. The second kappa shape index (κ2) is 15.9. The van der Waals surface area contributed by atoms with Crippen molar-refractivity contribution < 1.29 is 33.3 Å². The van der Waals surface area contributed by atoms with Crippen LogP contribution >= 0.6 is 11.3 Å². The number of pyridine rings is 1. The van der Waals surface area contributed by atoms with E-state index >= 15 is 0 Å². The molecule has 2 aromatic heterocycles. The lowest BCUT2D eigenvalue weighted by Gasteiger charge is -2.28. The van der Waals surface area contributed by atoms with Gasteiger partial charge in [-0.05, 0) is 62.9 Å². The number of urea groups is 1. The number of nitrogens with zero attached hydrogens (tertiary/aromatic N) is 3. The zero-order valence-corrected chi connectivity index (χ0v) is 27.8. The molecule has 0 spiro atoms. The Kier molecular flexibility index (Phi) is 11.5. The van der Waals surface area contributed by atoms with Crippen LogP contribution in [0.5, 0.6) is 11.5 Å². The maximum Gasteiger partial charge on any atom is 0.412 e. The molecule has 0 radical (unpaired) electrons. The summed E-state index contributed by atoms with van der Waals surface area (Å²) < 4.78 is 21.6. The molecule has 4 amide bonds. The van der Waals surface area contributed by atoms with Gasteiger partial charge in [-0.25, -0.2) is 9.59 Å². The highest BCUT2D eigenvalue weighted by Gasteiger charge is 2.20. The molecule has 3 aromatic rings. The average molecular weight is 667 g/mol. The zero-order valence-electron chi connectivity index (χ0n) is 27.0. The fourth-order valence-electron chi connectivity index (χ4n) is 5.05. The van der Waals surface area contributed by atoms with Gasteiger partial charge in [-0.1, -0.05) is 12.1 Å². The molecule has 5 rings (SSSR count). The fraction of sp³-hybridized carbons (Fsp3) is 0.455. The van der Waals surface area contributed by atoms with E-state index in [1.54, 1.807) is 54.8 Å². The van der Waals surface area contributed by atoms with Crippen LogP contribution in [0, 0.1) is 0 Å². The van der Waals surface area contributed by atoms with Crippen LogP contribution in [0.15, 0.2) is 47.3 Å². The molecule has 252 valence electrons. The number of benzene rings is 1. The minimum atomic E-state index is -0.650. The third-order valence-electron chi connectivity index (χ3n) is 7.40. The first-order valence-corrected chi connectivity index (χ1v) is 16.6. The lowest BCUT2D eigenvalue weighted by atomic mass is 10.1. The van der Waals surface area contributed by atoms with E-state index in [0.29, 0.717) is 37.4 Å². The van der Waals surface area contributed by atoms with E-state index < -0.39 is 17.6 Å². The molecular weight excluding hydrogens is 624 g/mol. The first-order valence-electron chi connectivity index (χ1n) is 15.7. The van der Waals surface area contributed by atoms with Crippen molar-refractivity contribution in [1.29, 1.82) is 0 Å². The Hall–Kier alpha value is -4.40. The summed E-state index contributed by atoms with van der Waals surface area (Å²) in [6, 6.07) is 9.05. The first kappa shape index (κ1) is 33.9. The van der Waals surface area contributed by atoms with Crippen molar-refractivity contribution in [2.45, 2.75) is 45.8 Å². The van der Waals surface area contributed by atoms with Gasteiger partial charge in [0.25, 0.3) is 5.91 Å². The predicted octanol–water partition coefficient (Wildman–Crippen LogP) is 4.95. The van der Waals surface area contributed by atoms with Crippen LogP contribution in [0.1, 0.15) is 48.8 Å². The molecule has 3 N–H and O–H groups in total. The van der Waals surface area contributed by atoms with Gasteiger partial charge in [0.1, 0.15) is 11.3 Å². The second-order valence-electron chi connectivity index (χ2n) is 12.2. The van der Waals surface area contributed by atoms with Crippen LogP contribution in [0.3, 0.4) is 0 Å². The Morgan fingerprint density at radius 1 is 1.00 bits per heavy atom. The first-order chi connectivity index (χ1) is 22.6. The van der Waals surface area contributed by atoms with Gasteiger partial charge in [-0.2, -0.15) is 0 Å². The summed E-state index contributed by atoms with van der Waals surface area (Å²) in [4.78, 5) is 47.1. The van der Waals surface area contributed by atoms with Crippen LogP contribution in [0.2, 0.25) is 0 Å². The summed E-state index contributed by atoms with van der Waals surface area (Å²) in [5.41, 5.74) is 2.27. The molecule has 2 aliphatic rings. The lowest BCUT2D eigenvalue weighted by molar-refractivity contribution is 0.0364. The van der Waals surface area contributed by atoms with E-state index in [2.05, 4.69) is 25.8 Å². The quantitative estimate of drug-likeness (QED) is 0.245. The third kappa shape index (κ3) is 10.3. The van der Waals surface area contributed by atoms with E-state index in [9.17, 15) is 14.4 Å². The fourth-order valence-corrected chi connectivity index (χ4v) is 5.76. The Morgan fingerprint density at radius 3 is 2.49 bits per heavy atom. The number of hydrogen-bond acceptors (Lipinski definition) is 10. The number of nitrogens with one attached hydrogen (secondary N) is 3. The van der Waals surface area contributed by atoms with Gasteiger partial charge in [0.15, 0.2) is 11.5 Å². The lowest BCUT2D eigenvalue weighted by Crippen LogP contribution is -2.42. The highest BCUT2D eigenvalue weighted by molar-refractivity contribution is 7.09. The number of carbonyl (C=O) groups is 3. The Morgan fingerprint density at radius 2 is 1.74 bits per heavy atom. The molecule has 13 nitrogen and oxygen atoms in total. The van der Waals surface area contributed by atoms with Crippen molar-refractivity contribution in [3.63, 3.8) is 0 Å². The molecule has 1 aromatic carbocycles. The van der Waals surface area contributed by atoms with Gasteiger partial charge < -0.3 is 34.5 Å². The third-order valence-corrected chi connectivity index (χ3v) is 8.14. The number of fused-ring (bicyclic) bond motifs is 1. The highest BCUT2D eigenvalue weighted by Crippen LogP contribution is 2.32. The molecule has 47 heavy (non-hydrogen) atoms. The molecule has 0 saturated carbocycles. The van der Waals surface area contributed by atoms with E-state index in [4.69, 9.17) is 18.9 Å². The molecule has 0 bridgehead atoms. The van der Waals surface area contributed by atoms with Crippen LogP contribution in [0.4, 0.5) is 21.0 Å². The number of thiophene rings is 1. The minimum Gasteiger partial charge on any atom is -0.454 e. The molecular formula is C33H42N6O7S. The standard InChI is InChI=1S/C33H42N6O7S/c1-33(2,3)46-32(42)37-27-21-47-20-26(27)36-30(40)25-7-5-24(18-35-25)19-39(12-4-11-38-13-15-43-16-14-38)31(41)34-10-9-23-6-8-28-29(17-23)45-22-44-28/h5-8,17-18,20-21H,4,9-16,19,22H2,1-3H3,(H,34,41)(H,36,40)(H,37,42). The highest BCUT2D eigenvalue weighted by atomic mass is 32.1. The number of ether oxygens (including phenoxy) is 4. The number of amides is 4. The van der Waals surface area contributed by atoms with Crippen LogP contribution in [-0.2, 0) is 22.4 Å². The largest absolute Gasteiger partial charge is 0.454 e. The molecule has 1 saturated heterocycles. The summed E-state index contributed by atoms with van der Waals surface area (Å²) in [6.07, 6.45) is 2.45. The van der Waals surface area contributed by atoms with Gasteiger partial charge in [0.2, 0.25) is 6.79 Å². The van der Waals surface area contributed by atoms with Gasteiger partial charge in [-0.3, -0.25) is 20.0 Å². The molecule has 0 atom stereocenters. The second-order valence-corrected chi connectivity index (χ2v) is 13.0. The van der Waals surface area contributed by atoms with E-state index in [0.717, 1.165) is 61.9 Å². The van der Waals surface area contributed by atoms with Crippen molar-refractivity contribution in [3.8, 4) is 11.5 Å². The van der Waals surface area contributed by atoms with Crippen molar-refractivity contribution in [2.24, 2.45) is 0 Å². The summed E-state index contributed by atoms with van der Waals surface area (Å²) in [5, 5.41) is 12.0. The van der Waals surface area contributed by atoms with Crippen molar-refractivity contribution in [2.75, 3.05) is 63.4 Å². The van der Waals surface area contributed by atoms with E-state index in [1.165, 1.54) is 11.3 Å². The molecule has 2 aliphatic heterocycles. The summed E-state index contributed by atoms with van der Waals surface area (Å²) in [7, 11) is 0. The Labute approximate surface area is 278 Å². The number of morpholine rings is 1. The number of anilines is 2. The maximum absolute atomic E-state index is 13.4. The van der Waals surface area contributed by atoms with Crippen LogP contribution in [0.25, 0.3) is 0 Å². The van der Waals surface area contributed by atoms with Gasteiger partial charge in [-0.15, -0.1) is 11.3 Å². The van der Waals surface area contributed by atoms with Gasteiger partial charge in [0.05, 0.1) is 24.6 Å². The number of hydrogen-bond donors (Lipinski definition) is 3. The monoisotopic (exact) mass is 666 g/mol. The number of rotatable bonds is 12. The normalized spacial score (nSPS) is 14.4. The van der Waals surface area contributed by atoms with E-state index in [-0.39, 0.29) is 18.5 Å².